The monoisotopic (exact) mass is 535 g/mol. The first-order valence-electron chi connectivity index (χ1n) is 13.4. The number of alkyl halides is 3. The minimum Gasteiger partial charge on any atom is -0.508 e. The number of carbonyl (C=O) groups excluding carboxylic acids is 1. The van der Waals surface area contributed by atoms with Gasteiger partial charge in [-0.15, -0.1) is 0 Å². The third-order valence-electron chi connectivity index (χ3n) is 8.16. The molecule has 2 aromatic rings. The Bertz CT molecular complexity index is 1110. The first-order chi connectivity index (χ1) is 18.1. The number of benzene rings is 2. The molecule has 5 nitrogen and oxygen atoms in total. The number of halogens is 4. The molecule has 4 atom stereocenters. The van der Waals surface area contributed by atoms with E-state index in [1.54, 1.807) is 31.2 Å². The lowest BCUT2D eigenvalue weighted by molar-refractivity contribution is -0.184. The van der Waals surface area contributed by atoms with Crippen LogP contribution in [0.25, 0.3) is 0 Å². The fraction of sp³-hybridized carbons (Fsp3) is 0.552. The number of rotatable bonds is 9. The average molecular weight is 536 g/mol. The van der Waals surface area contributed by atoms with Gasteiger partial charge in [-0.1, -0.05) is 30.7 Å². The van der Waals surface area contributed by atoms with Gasteiger partial charge in [0.1, 0.15) is 17.6 Å². The van der Waals surface area contributed by atoms with Crippen molar-refractivity contribution in [3.63, 3.8) is 0 Å². The first-order valence-corrected chi connectivity index (χ1v) is 13.4. The molecular weight excluding hydrogens is 498 g/mol. The van der Waals surface area contributed by atoms with Crippen LogP contribution in [0.4, 0.5) is 17.6 Å². The third kappa shape index (κ3) is 6.21. The number of nitrogens with two attached hydrogens (primary N) is 1. The quantitative estimate of drug-likeness (QED) is 0.260. The molecule has 0 aromatic heterocycles. The van der Waals surface area contributed by atoms with Gasteiger partial charge < -0.3 is 15.7 Å². The van der Waals surface area contributed by atoms with Gasteiger partial charge in [0.25, 0.3) is 0 Å². The second-order valence-electron chi connectivity index (χ2n) is 10.6. The van der Waals surface area contributed by atoms with Crippen LogP contribution in [0.2, 0.25) is 0 Å². The van der Waals surface area contributed by atoms with Crippen molar-refractivity contribution in [3.05, 3.63) is 65.0 Å². The van der Waals surface area contributed by atoms with E-state index in [9.17, 15) is 27.5 Å². The van der Waals surface area contributed by atoms with E-state index in [4.69, 9.17) is 5.73 Å². The van der Waals surface area contributed by atoms with Gasteiger partial charge in [0.05, 0.1) is 0 Å². The maximum absolute atomic E-state index is 14.8. The molecule has 0 aliphatic carbocycles. The highest BCUT2D eigenvalue weighted by atomic mass is 19.4. The molecule has 2 aliphatic heterocycles. The van der Waals surface area contributed by atoms with Gasteiger partial charge >= 0.3 is 6.18 Å². The van der Waals surface area contributed by atoms with E-state index < -0.39 is 35.9 Å². The zero-order valence-electron chi connectivity index (χ0n) is 21.8. The number of carbonyl (C=O) groups is 1. The number of piperidine rings is 1. The summed E-state index contributed by atoms with van der Waals surface area (Å²) >= 11 is 0. The summed E-state index contributed by atoms with van der Waals surface area (Å²) in [6, 6.07) is 8.47. The van der Waals surface area contributed by atoms with Crippen LogP contribution in [-0.4, -0.2) is 71.7 Å². The second-order valence-corrected chi connectivity index (χ2v) is 10.6. The Balaban J connectivity index is 1.79. The molecule has 2 aliphatic rings. The predicted molar refractivity (Wildman–Crippen MR) is 139 cm³/mol. The molecule has 0 bridgehead atoms. The van der Waals surface area contributed by atoms with E-state index >= 15 is 0 Å². The van der Waals surface area contributed by atoms with Gasteiger partial charge in [-0.05, 0) is 81.6 Å². The largest absolute Gasteiger partial charge is 0.508 e. The van der Waals surface area contributed by atoms with Crippen molar-refractivity contribution < 1.29 is 27.5 Å². The molecule has 2 aromatic carbocycles. The van der Waals surface area contributed by atoms with Crippen LogP contribution in [0.1, 0.15) is 59.5 Å². The van der Waals surface area contributed by atoms with Crippen LogP contribution in [0.3, 0.4) is 0 Å². The molecule has 1 unspecified atom stereocenters. The highest BCUT2D eigenvalue weighted by Gasteiger charge is 2.53. The van der Waals surface area contributed by atoms with E-state index in [1.165, 1.54) is 23.1 Å². The topological polar surface area (TPSA) is 69.8 Å². The van der Waals surface area contributed by atoms with E-state index in [0.29, 0.717) is 49.3 Å². The van der Waals surface area contributed by atoms with Crippen molar-refractivity contribution in [1.29, 1.82) is 0 Å². The predicted octanol–water partition coefficient (Wildman–Crippen LogP) is 5.26. The molecular formula is C29H37F4N3O2. The molecule has 0 amide bonds. The lowest BCUT2D eigenvalue weighted by Crippen LogP contribution is -2.60. The SMILES string of the molecule is Cc1c(F)cccc1[C@@H]1C(N2CCC[C@H]2C(F)(F)F)CN(CCCCCN)C[C@@H]1C(=O)c1cccc(O)c1. The number of aromatic hydroxyl groups is 1. The van der Waals surface area contributed by atoms with Gasteiger partial charge in [0.15, 0.2) is 5.78 Å². The van der Waals surface area contributed by atoms with E-state index in [0.717, 1.165) is 19.3 Å². The lowest BCUT2D eigenvalue weighted by Gasteiger charge is -2.49. The zero-order valence-corrected chi connectivity index (χ0v) is 21.8. The van der Waals surface area contributed by atoms with Crippen molar-refractivity contribution in [3.8, 4) is 5.75 Å². The summed E-state index contributed by atoms with van der Waals surface area (Å²) in [5.74, 6) is -2.10. The number of likely N-dealkylation sites (tertiary alicyclic amines) is 2. The summed E-state index contributed by atoms with van der Waals surface area (Å²) < 4.78 is 57.3. The highest BCUT2D eigenvalue weighted by Crippen LogP contribution is 2.44. The fourth-order valence-electron chi connectivity index (χ4n) is 6.33. The Morgan fingerprint density at radius 1 is 1.11 bits per heavy atom. The van der Waals surface area contributed by atoms with Crippen molar-refractivity contribution in [2.24, 2.45) is 11.7 Å². The van der Waals surface area contributed by atoms with Crippen molar-refractivity contribution >= 4 is 5.78 Å². The van der Waals surface area contributed by atoms with Crippen LogP contribution in [0.15, 0.2) is 42.5 Å². The molecule has 2 fully saturated rings. The minimum absolute atomic E-state index is 0.0104. The zero-order chi connectivity index (χ0) is 27.4. The number of phenols is 1. The number of Topliss-reactive ketones (excluding diaryl/α,β-unsaturated/α-hetero) is 1. The Labute approximate surface area is 221 Å². The Morgan fingerprint density at radius 2 is 1.87 bits per heavy atom. The Morgan fingerprint density at radius 3 is 2.58 bits per heavy atom. The molecule has 0 saturated carbocycles. The number of unbranched alkanes of at least 4 members (excludes halogenated alkanes) is 2. The summed E-state index contributed by atoms with van der Waals surface area (Å²) in [4.78, 5) is 17.6. The van der Waals surface area contributed by atoms with Crippen LogP contribution >= 0.6 is 0 Å². The molecule has 9 heteroatoms. The van der Waals surface area contributed by atoms with Gasteiger partial charge in [-0.25, -0.2) is 4.39 Å². The smallest absolute Gasteiger partial charge is 0.404 e. The van der Waals surface area contributed by atoms with Gasteiger partial charge in [0.2, 0.25) is 0 Å². The molecule has 0 radical (unpaired) electrons. The highest BCUT2D eigenvalue weighted by molar-refractivity contribution is 5.99. The molecule has 2 heterocycles. The standard InChI is InChI=1S/C29H37F4N3O2/c1-19-22(10-6-11-24(19)30)27-23(28(38)20-8-5-9-21(37)16-20)17-35(14-4-2-3-13-34)18-25(27)36-15-7-12-26(36)29(31,32)33/h5-6,8-11,16,23,25-27,37H,2-4,7,12-15,17-18,34H2,1H3/t23-,25?,26-,27-/m0/s1. The van der Waals surface area contributed by atoms with E-state index in [2.05, 4.69) is 4.90 Å². The maximum atomic E-state index is 14.8. The number of phenolic OH excluding ortho intramolecular Hbond substituents is 1. The van der Waals surface area contributed by atoms with Gasteiger partial charge in [-0.2, -0.15) is 13.2 Å². The molecule has 0 spiro atoms. The Kier molecular flexibility index (Phi) is 9.11. The molecule has 208 valence electrons. The summed E-state index contributed by atoms with van der Waals surface area (Å²) in [5.41, 5.74) is 6.86. The van der Waals surface area contributed by atoms with Gasteiger partial charge in [0, 0.05) is 36.5 Å². The Hall–Kier alpha value is -2.49. The van der Waals surface area contributed by atoms with Crippen LogP contribution < -0.4 is 5.73 Å². The second kappa shape index (κ2) is 12.1. The number of ketones is 1. The third-order valence-corrected chi connectivity index (χ3v) is 8.16. The summed E-state index contributed by atoms with van der Waals surface area (Å²) in [5, 5.41) is 10.0. The fourth-order valence-corrected chi connectivity index (χ4v) is 6.33. The molecule has 4 rings (SSSR count). The lowest BCUT2D eigenvalue weighted by atomic mass is 9.72. The van der Waals surface area contributed by atoms with E-state index in [-0.39, 0.29) is 24.5 Å². The summed E-state index contributed by atoms with van der Waals surface area (Å²) in [6.45, 7) is 3.82. The molecule has 2 saturated heterocycles. The maximum Gasteiger partial charge on any atom is 0.404 e. The van der Waals surface area contributed by atoms with Crippen LogP contribution in [-0.2, 0) is 0 Å². The van der Waals surface area contributed by atoms with Crippen molar-refractivity contribution in [1.82, 2.24) is 9.80 Å². The number of hydrogen-bond acceptors (Lipinski definition) is 5. The average Bonchev–Trinajstić information content (AvgIpc) is 3.38. The van der Waals surface area contributed by atoms with Crippen LogP contribution in [0, 0.1) is 18.7 Å². The normalized spacial score (nSPS) is 25.1. The number of hydrogen-bond donors (Lipinski definition) is 2. The summed E-state index contributed by atoms with van der Waals surface area (Å²) in [6.07, 6.45) is -1.40. The number of nitrogens with zero attached hydrogens (tertiary/aromatic N) is 2. The summed E-state index contributed by atoms with van der Waals surface area (Å²) in [7, 11) is 0. The molecule has 3 N–H and O–H groups in total. The van der Waals surface area contributed by atoms with Crippen LogP contribution in [0.5, 0.6) is 5.75 Å². The van der Waals surface area contributed by atoms with Crippen molar-refractivity contribution in [2.75, 3.05) is 32.7 Å². The van der Waals surface area contributed by atoms with E-state index in [1.807, 2.05) is 0 Å². The van der Waals surface area contributed by atoms with Crippen molar-refractivity contribution in [2.45, 2.75) is 63.2 Å². The minimum atomic E-state index is -4.40. The first kappa shape index (κ1) is 28.5. The van der Waals surface area contributed by atoms with Gasteiger partial charge in [-0.3, -0.25) is 9.69 Å². The molecule has 38 heavy (non-hydrogen) atoms.